The van der Waals surface area contributed by atoms with E-state index in [4.69, 9.17) is 0 Å². The Bertz CT molecular complexity index is 813. The van der Waals surface area contributed by atoms with Crippen LogP contribution in [0.1, 0.15) is 30.4 Å². The van der Waals surface area contributed by atoms with Gasteiger partial charge in [-0.25, -0.2) is 0 Å². The fourth-order valence-electron chi connectivity index (χ4n) is 3.47. The van der Waals surface area contributed by atoms with Crippen LogP contribution in [-0.2, 0) is 22.4 Å². The number of likely N-dealkylation sites (tertiary alicyclic amines) is 1. The van der Waals surface area contributed by atoms with Crippen LogP contribution in [0.3, 0.4) is 0 Å². The molecule has 7 nitrogen and oxygen atoms in total. The molecule has 1 aromatic heterocycles. The smallest absolute Gasteiger partial charge is 0.249 e. The first-order valence-corrected chi connectivity index (χ1v) is 8.23. The van der Waals surface area contributed by atoms with Crippen molar-refractivity contribution in [3.63, 3.8) is 0 Å². The zero-order valence-electron chi connectivity index (χ0n) is 13.5. The molecule has 0 unspecified atom stereocenters. The summed E-state index contributed by atoms with van der Waals surface area (Å²) in [5.74, 6) is 0.617. The number of hydrogen-bond acceptors (Lipinski definition) is 4. The minimum atomic E-state index is -0.445. The lowest BCUT2D eigenvalue weighted by Crippen LogP contribution is -2.39. The zero-order chi connectivity index (χ0) is 16.7. The van der Waals surface area contributed by atoms with Crippen molar-refractivity contribution in [3.8, 4) is 11.4 Å². The second kappa shape index (κ2) is 5.74. The number of aryl methyl sites for hydroxylation is 2. The van der Waals surface area contributed by atoms with Crippen molar-refractivity contribution < 1.29 is 9.59 Å². The van der Waals surface area contributed by atoms with E-state index in [2.05, 4.69) is 32.6 Å². The number of carbonyl (C=O) groups is 2. The van der Waals surface area contributed by atoms with Gasteiger partial charge >= 0.3 is 0 Å². The Morgan fingerprint density at radius 1 is 1.29 bits per heavy atom. The van der Waals surface area contributed by atoms with E-state index in [1.165, 1.54) is 22.4 Å². The number of anilines is 1. The molecule has 2 amide bonds. The van der Waals surface area contributed by atoms with Crippen molar-refractivity contribution >= 4 is 17.8 Å². The summed E-state index contributed by atoms with van der Waals surface area (Å²) in [6.45, 7) is 0. The lowest BCUT2D eigenvalue weighted by Gasteiger charge is -2.17. The quantitative estimate of drug-likeness (QED) is 0.895. The van der Waals surface area contributed by atoms with Gasteiger partial charge in [0.2, 0.25) is 17.8 Å². The first-order valence-electron chi connectivity index (χ1n) is 8.23. The van der Waals surface area contributed by atoms with Crippen LogP contribution >= 0.6 is 0 Å². The summed E-state index contributed by atoms with van der Waals surface area (Å²) in [6, 6.07) is 5.86. The Morgan fingerprint density at radius 2 is 2.12 bits per heavy atom. The van der Waals surface area contributed by atoms with Gasteiger partial charge in [-0.2, -0.15) is 4.98 Å². The lowest BCUT2D eigenvalue weighted by atomic mass is 10.1. The Balaban J connectivity index is 1.49. The Kier molecular flexibility index (Phi) is 3.55. The van der Waals surface area contributed by atoms with Gasteiger partial charge in [0.25, 0.3) is 0 Å². The summed E-state index contributed by atoms with van der Waals surface area (Å²) in [5.41, 5.74) is 3.73. The molecule has 2 aromatic rings. The van der Waals surface area contributed by atoms with E-state index >= 15 is 0 Å². The van der Waals surface area contributed by atoms with Gasteiger partial charge in [0.05, 0.1) is 0 Å². The standard InChI is InChI=1S/C17H19N5O2/c1-22-13(7-8-14(22)23)16(24)19-17-18-15(20-21-17)12-6-5-10-3-2-4-11(10)9-12/h5-6,9,13H,2-4,7-8H2,1H3,(H2,18,19,20,21,24)/t13-/m1/s1. The molecule has 4 rings (SSSR count). The van der Waals surface area contributed by atoms with Crippen molar-refractivity contribution in [3.05, 3.63) is 29.3 Å². The monoisotopic (exact) mass is 325 g/mol. The first-order chi connectivity index (χ1) is 11.6. The molecule has 24 heavy (non-hydrogen) atoms. The van der Waals surface area contributed by atoms with Crippen molar-refractivity contribution in [1.82, 2.24) is 20.1 Å². The number of hydrogen-bond donors (Lipinski definition) is 2. The molecule has 1 saturated heterocycles. The van der Waals surface area contributed by atoms with Gasteiger partial charge in [0.15, 0.2) is 5.82 Å². The van der Waals surface area contributed by atoms with Crippen molar-refractivity contribution in [2.24, 2.45) is 0 Å². The maximum Gasteiger partial charge on any atom is 0.249 e. The van der Waals surface area contributed by atoms with Gasteiger partial charge in [-0.05, 0) is 42.9 Å². The average Bonchev–Trinajstić information content (AvgIpc) is 3.28. The van der Waals surface area contributed by atoms with Crippen LogP contribution in [-0.4, -0.2) is 45.0 Å². The predicted molar refractivity (Wildman–Crippen MR) is 88.3 cm³/mol. The number of aromatic nitrogens is 3. The minimum Gasteiger partial charge on any atom is -0.334 e. The van der Waals surface area contributed by atoms with E-state index in [1.807, 2.05) is 6.07 Å². The first kappa shape index (κ1) is 14.9. The largest absolute Gasteiger partial charge is 0.334 e. The normalized spacial score (nSPS) is 19.6. The van der Waals surface area contributed by atoms with Crippen LogP contribution in [0.5, 0.6) is 0 Å². The summed E-state index contributed by atoms with van der Waals surface area (Å²) < 4.78 is 0. The topological polar surface area (TPSA) is 91.0 Å². The van der Waals surface area contributed by atoms with Crippen LogP contribution in [0.2, 0.25) is 0 Å². The van der Waals surface area contributed by atoms with Crippen molar-refractivity contribution in [2.45, 2.75) is 38.1 Å². The molecule has 0 radical (unpaired) electrons. The molecule has 0 spiro atoms. The molecule has 1 aliphatic carbocycles. The molecule has 1 fully saturated rings. The molecule has 2 N–H and O–H groups in total. The summed E-state index contributed by atoms with van der Waals surface area (Å²) in [7, 11) is 1.65. The van der Waals surface area contributed by atoms with Crippen LogP contribution in [0.15, 0.2) is 18.2 Å². The minimum absolute atomic E-state index is 0.0102. The van der Waals surface area contributed by atoms with E-state index in [0.29, 0.717) is 18.7 Å². The Hall–Kier alpha value is -2.70. The number of rotatable bonds is 3. The highest BCUT2D eigenvalue weighted by Gasteiger charge is 2.33. The van der Waals surface area contributed by atoms with Gasteiger partial charge in [0.1, 0.15) is 6.04 Å². The molecule has 1 aliphatic heterocycles. The number of fused-ring (bicyclic) bond motifs is 1. The second-order valence-corrected chi connectivity index (χ2v) is 6.39. The van der Waals surface area contributed by atoms with Crippen molar-refractivity contribution in [1.29, 1.82) is 0 Å². The number of amides is 2. The van der Waals surface area contributed by atoms with E-state index in [-0.39, 0.29) is 17.8 Å². The van der Waals surface area contributed by atoms with Gasteiger partial charge in [-0.1, -0.05) is 12.1 Å². The zero-order valence-corrected chi connectivity index (χ0v) is 13.5. The summed E-state index contributed by atoms with van der Waals surface area (Å²) in [6.07, 6.45) is 4.38. The number of benzene rings is 1. The van der Waals surface area contributed by atoms with Gasteiger partial charge in [0, 0.05) is 19.0 Å². The third-order valence-corrected chi connectivity index (χ3v) is 4.89. The number of aromatic amines is 1. The third kappa shape index (κ3) is 2.55. The number of carbonyl (C=O) groups excluding carboxylic acids is 2. The van der Waals surface area contributed by atoms with E-state index < -0.39 is 6.04 Å². The highest BCUT2D eigenvalue weighted by molar-refractivity contribution is 5.98. The third-order valence-electron chi connectivity index (χ3n) is 4.89. The number of likely N-dealkylation sites (N-methyl/N-ethyl adjacent to an activating group) is 1. The SMILES string of the molecule is CN1C(=O)CC[C@@H]1C(=O)Nc1n[nH]c(-c2ccc3c(c2)CCC3)n1. The second-order valence-electron chi connectivity index (χ2n) is 6.39. The highest BCUT2D eigenvalue weighted by Crippen LogP contribution is 2.27. The average molecular weight is 325 g/mol. The van der Waals surface area contributed by atoms with Crippen molar-refractivity contribution in [2.75, 3.05) is 12.4 Å². The van der Waals surface area contributed by atoms with Gasteiger partial charge < -0.3 is 4.90 Å². The fourth-order valence-corrected chi connectivity index (χ4v) is 3.47. The summed E-state index contributed by atoms with van der Waals surface area (Å²) >= 11 is 0. The molecule has 2 aliphatic rings. The molecule has 7 heteroatoms. The molecule has 124 valence electrons. The molecule has 1 atom stereocenters. The number of nitrogens with one attached hydrogen (secondary N) is 2. The molecule has 2 heterocycles. The number of H-pyrrole nitrogens is 1. The molecular weight excluding hydrogens is 306 g/mol. The molecular formula is C17H19N5O2. The number of nitrogens with zero attached hydrogens (tertiary/aromatic N) is 3. The molecule has 1 aromatic carbocycles. The summed E-state index contributed by atoms with van der Waals surface area (Å²) in [5, 5.41) is 9.63. The van der Waals surface area contributed by atoms with Gasteiger partial charge in [-0.15, -0.1) is 5.10 Å². The van der Waals surface area contributed by atoms with E-state index in [9.17, 15) is 9.59 Å². The maximum absolute atomic E-state index is 12.3. The fraction of sp³-hybridized carbons (Fsp3) is 0.412. The van der Waals surface area contributed by atoms with Crippen LogP contribution in [0.25, 0.3) is 11.4 Å². The lowest BCUT2D eigenvalue weighted by molar-refractivity contribution is -0.131. The highest BCUT2D eigenvalue weighted by atomic mass is 16.2. The molecule has 0 bridgehead atoms. The summed E-state index contributed by atoms with van der Waals surface area (Å²) in [4.78, 5) is 29.6. The Morgan fingerprint density at radius 3 is 2.92 bits per heavy atom. The molecule has 0 saturated carbocycles. The predicted octanol–water partition coefficient (Wildman–Crippen LogP) is 1.52. The maximum atomic E-state index is 12.3. The van der Waals surface area contributed by atoms with E-state index in [1.54, 1.807) is 7.05 Å². The Labute approximate surface area is 139 Å². The van der Waals surface area contributed by atoms with Crippen LogP contribution in [0.4, 0.5) is 5.95 Å². The van der Waals surface area contributed by atoms with Crippen LogP contribution in [0, 0.1) is 0 Å². The van der Waals surface area contributed by atoms with Crippen LogP contribution < -0.4 is 5.32 Å². The van der Waals surface area contributed by atoms with E-state index in [0.717, 1.165) is 18.4 Å². The van der Waals surface area contributed by atoms with Gasteiger partial charge in [-0.3, -0.25) is 20.0 Å².